The van der Waals surface area contributed by atoms with Crippen LogP contribution in [0.2, 0.25) is 5.02 Å². The van der Waals surface area contributed by atoms with E-state index in [1.54, 1.807) is 0 Å². The summed E-state index contributed by atoms with van der Waals surface area (Å²) < 4.78 is 0. The van der Waals surface area contributed by atoms with E-state index >= 15 is 0 Å². The Morgan fingerprint density at radius 1 is 1.12 bits per heavy atom. The van der Waals surface area contributed by atoms with Gasteiger partial charge in [0, 0.05) is 0 Å². The van der Waals surface area contributed by atoms with Crippen LogP contribution in [0.3, 0.4) is 0 Å². The molecule has 0 unspecified atom stereocenters. The zero-order chi connectivity index (χ0) is 19.1. The molecule has 0 radical (unpaired) electrons. The largest absolute Gasteiger partial charge is 0.350 e. The maximum atomic E-state index is 6.41. The number of hydrogen-bond acceptors (Lipinski definition) is 1. The normalized spacial score (nSPS) is 12.1. The summed E-state index contributed by atoms with van der Waals surface area (Å²) in [4.78, 5) is 1.53. The standard InChI is InChI=1S/C21H28ClN3S/c1-5-25(6-2)14-19(17-10-8-7-9-11-17)23-21(26)24-20-16(4)12-15(3)13-18(20)22/h7-13,19H,5-6,14H2,1-4H3,(H2,23,24,26)/p+1/t19-/m1/s1. The molecule has 140 valence electrons. The lowest BCUT2D eigenvalue weighted by Crippen LogP contribution is -3.12. The molecule has 3 N–H and O–H groups in total. The first-order valence-electron chi connectivity index (χ1n) is 9.17. The molecule has 2 aromatic rings. The van der Waals surface area contributed by atoms with Gasteiger partial charge in [0.1, 0.15) is 12.6 Å². The molecule has 0 aromatic heterocycles. The minimum Gasteiger partial charge on any atom is -0.350 e. The Morgan fingerprint density at radius 2 is 1.77 bits per heavy atom. The van der Waals surface area contributed by atoms with E-state index in [1.165, 1.54) is 10.5 Å². The van der Waals surface area contributed by atoms with Crippen molar-refractivity contribution in [2.45, 2.75) is 33.7 Å². The summed E-state index contributed by atoms with van der Waals surface area (Å²) in [5, 5.41) is 8.07. The van der Waals surface area contributed by atoms with Gasteiger partial charge in [-0.2, -0.15) is 0 Å². The third-order valence-electron chi connectivity index (χ3n) is 4.67. The lowest BCUT2D eigenvalue weighted by molar-refractivity contribution is -0.898. The van der Waals surface area contributed by atoms with Crippen LogP contribution < -0.4 is 15.5 Å². The van der Waals surface area contributed by atoms with Gasteiger partial charge in [-0.05, 0) is 62.7 Å². The van der Waals surface area contributed by atoms with Gasteiger partial charge in [-0.25, -0.2) is 0 Å². The van der Waals surface area contributed by atoms with Crippen molar-refractivity contribution in [3.8, 4) is 0 Å². The third-order valence-corrected chi connectivity index (χ3v) is 5.19. The average molecular weight is 391 g/mol. The number of aryl methyl sites for hydroxylation is 2. The van der Waals surface area contributed by atoms with Crippen molar-refractivity contribution >= 4 is 34.6 Å². The zero-order valence-electron chi connectivity index (χ0n) is 16.0. The average Bonchev–Trinajstić information content (AvgIpc) is 2.62. The van der Waals surface area contributed by atoms with Gasteiger partial charge in [0.2, 0.25) is 0 Å². The Kier molecular flexibility index (Phi) is 7.88. The number of rotatable bonds is 7. The van der Waals surface area contributed by atoms with E-state index in [0.29, 0.717) is 10.1 Å². The van der Waals surface area contributed by atoms with Crippen LogP contribution in [0.1, 0.15) is 36.6 Å². The zero-order valence-corrected chi connectivity index (χ0v) is 17.6. The molecule has 1 atom stereocenters. The van der Waals surface area contributed by atoms with E-state index in [4.69, 9.17) is 23.8 Å². The molecule has 0 aliphatic rings. The van der Waals surface area contributed by atoms with Crippen LogP contribution in [-0.2, 0) is 0 Å². The fourth-order valence-electron chi connectivity index (χ4n) is 3.15. The highest BCUT2D eigenvalue weighted by molar-refractivity contribution is 7.80. The summed E-state index contributed by atoms with van der Waals surface area (Å²) in [5.74, 6) is 0. The highest BCUT2D eigenvalue weighted by Gasteiger charge is 2.19. The van der Waals surface area contributed by atoms with Gasteiger partial charge in [0.25, 0.3) is 0 Å². The predicted molar refractivity (Wildman–Crippen MR) is 116 cm³/mol. The number of benzene rings is 2. The van der Waals surface area contributed by atoms with Crippen LogP contribution in [0.25, 0.3) is 0 Å². The van der Waals surface area contributed by atoms with Crippen molar-refractivity contribution in [1.29, 1.82) is 0 Å². The summed E-state index contributed by atoms with van der Waals surface area (Å²) in [7, 11) is 0. The molecule has 5 heteroatoms. The lowest BCUT2D eigenvalue weighted by Gasteiger charge is -2.26. The molecule has 0 aliphatic carbocycles. The van der Waals surface area contributed by atoms with Crippen molar-refractivity contribution in [1.82, 2.24) is 5.32 Å². The maximum Gasteiger partial charge on any atom is 0.171 e. The molecule has 0 spiro atoms. The van der Waals surface area contributed by atoms with Gasteiger partial charge in [-0.3, -0.25) is 0 Å². The quantitative estimate of drug-likeness (QED) is 0.626. The molecule has 0 heterocycles. The molecule has 0 saturated heterocycles. The molecule has 0 amide bonds. The molecule has 0 aliphatic heterocycles. The van der Waals surface area contributed by atoms with E-state index in [2.05, 4.69) is 54.8 Å². The number of quaternary nitrogens is 1. The fraction of sp³-hybridized carbons (Fsp3) is 0.381. The Morgan fingerprint density at radius 3 is 2.35 bits per heavy atom. The molecule has 0 bridgehead atoms. The van der Waals surface area contributed by atoms with E-state index < -0.39 is 0 Å². The van der Waals surface area contributed by atoms with Crippen molar-refractivity contribution in [2.24, 2.45) is 0 Å². The first-order valence-corrected chi connectivity index (χ1v) is 9.96. The Hall–Kier alpha value is -1.62. The first kappa shape index (κ1) is 20.7. The molecule has 2 rings (SSSR count). The van der Waals surface area contributed by atoms with Gasteiger partial charge < -0.3 is 15.5 Å². The van der Waals surface area contributed by atoms with Gasteiger partial charge >= 0.3 is 0 Å². The van der Waals surface area contributed by atoms with E-state index in [0.717, 1.165) is 36.4 Å². The Bertz CT molecular complexity index is 706. The minimum atomic E-state index is 0.149. The second-order valence-electron chi connectivity index (χ2n) is 6.66. The summed E-state index contributed by atoms with van der Waals surface area (Å²) in [5.41, 5.74) is 4.34. The molecule has 26 heavy (non-hydrogen) atoms. The third kappa shape index (κ3) is 5.70. The highest BCUT2D eigenvalue weighted by atomic mass is 35.5. The van der Waals surface area contributed by atoms with E-state index in [1.807, 2.05) is 26.0 Å². The van der Waals surface area contributed by atoms with Crippen LogP contribution in [0.15, 0.2) is 42.5 Å². The number of halogens is 1. The topological polar surface area (TPSA) is 28.5 Å². The Balaban J connectivity index is 2.16. The molecular formula is C21H29ClN3S+. The predicted octanol–water partition coefficient (Wildman–Crippen LogP) is 3.91. The molecule has 3 nitrogen and oxygen atoms in total. The Labute approximate surface area is 167 Å². The number of thiocarbonyl (C=S) groups is 1. The first-order chi connectivity index (χ1) is 12.4. The highest BCUT2D eigenvalue weighted by Crippen LogP contribution is 2.27. The SMILES string of the molecule is CC[NH+](CC)C[C@@H](NC(=S)Nc1c(C)cc(C)cc1Cl)c1ccccc1. The maximum absolute atomic E-state index is 6.41. The summed E-state index contributed by atoms with van der Waals surface area (Å²) in [6, 6.07) is 14.7. The van der Waals surface area contributed by atoms with E-state index in [-0.39, 0.29) is 6.04 Å². The van der Waals surface area contributed by atoms with Gasteiger partial charge in [-0.15, -0.1) is 0 Å². The number of anilines is 1. The van der Waals surface area contributed by atoms with Crippen molar-refractivity contribution in [2.75, 3.05) is 25.0 Å². The van der Waals surface area contributed by atoms with Gasteiger partial charge in [0.05, 0.1) is 23.8 Å². The molecule has 2 aromatic carbocycles. The van der Waals surface area contributed by atoms with Gasteiger partial charge in [0.15, 0.2) is 5.11 Å². The van der Waals surface area contributed by atoms with E-state index in [9.17, 15) is 0 Å². The minimum absolute atomic E-state index is 0.149. The smallest absolute Gasteiger partial charge is 0.171 e. The van der Waals surface area contributed by atoms with Gasteiger partial charge in [-0.1, -0.05) is 48.0 Å². The number of likely N-dealkylation sites (N-methyl/N-ethyl adjacent to an activating group) is 1. The van der Waals surface area contributed by atoms with Crippen molar-refractivity contribution < 1.29 is 4.90 Å². The second kappa shape index (κ2) is 9.91. The monoisotopic (exact) mass is 390 g/mol. The number of hydrogen-bond donors (Lipinski definition) is 3. The van der Waals surface area contributed by atoms with Crippen LogP contribution in [0.5, 0.6) is 0 Å². The summed E-state index contributed by atoms with van der Waals surface area (Å²) in [6.45, 7) is 11.7. The molecular weight excluding hydrogens is 362 g/mol. The molecule has 0 saturated carbocycles. The summed E-state index contributed by atoms with van der Waals surface area (Å²) in [6.07, 6.45) is 0. The summed E-state index contributed by atoms with van der Waals surface area (Å²) >= 11 is 12.0. The van der Waals surface area contributed by atoms with Crippen molar-refractivity contribution in [3.05, 3.63) is 64.2 Å². The van der Waals surface area contributed by atoms with Crippen LogP contribution in [0, 0.1) is 13.8 Å². The van der Waals surface area contributed by atoms with Crippen LogP contribution in [-0.4, -0.2) is 24.7 Å². The van der Waals surface area contributed by atoms with Crippen molar-refractivity contribution in [3.63, 3.8) is 0 Å². The number of nitrogens with one attached hydrogen (secondary N) is 3. The lowest BCUT2D eigenvalue weighted by atomic mass is 10.1. The fourth-order valence-corrected chi connectivity index (χ4v) is 3.76. The van der Waals surface area contributed by atoms with Crippen LogP contribution in [0.4, 0.5) is 5.69 Å². The second-order valence-corrected chi connectivity index (χ2v) is 7.48. The molecule has 0 fully saturated rings. The van der Waals surface area contributed by atoms with Crippen LogP contribution >= 0.6 is 23.8 Å².